The average Bonchev–Trinajstić information content (AvgIpc) is 3.35. The fraction of sp³-hybridized carbons (Fsp3) is 0.765. The van der Waals surface area contributed by atoms with Crippen molar-refractivity contribution in [1.82, 2.24) is 25.2 Å². The van der Waals surface area contributed by atoms with Crippen molar-refractivity contribution in [3.05, 3.63) is 0 Å². The summed E-state index contributed by atoms with van der Waals surface area (Å²) in [5.74, 6) is 2.27. The van der Waals surface area contributed by atoms with E-state index in [1.54, 1.807) is 7.11 Å². The summed E-state index contributed by atoms with van der Waals surface area (Å²) in [6.07, 6.45) is 4.84. The second-order valence-electron chi connectivity index (χ2n) is 7.18. The normalized spacial score (nSPS) is 21.6. The number of rotatable bonds is 7. The minimum Gasteiger partial charge on any atom is -0.383 e. The van der Waals surface area contributed by atoms with Gasteiger partial charge in [0.2, 0.25) is 11.3 Å². The highest BCUT2D eigenvalue weighted by molar-refractivity contribution is 5.74. The molecule has 0 saturated carbocycles. The molecule has 0 aromatic carbocycles. The van der Waals surface area contributed by atoms with E-state index < -0.39 is 0 Å². The Bertz CT molecular complexity index is 716. The number of anilines is 2. The maximum atomic E-state index is 5.21. The van der Waals surface area contributed by atoms with E-state index in [2.05, 4.69) is 35.4 Å². The van der Waals surface area contributed by atoms with Crippen LogP contribution in [0, 0.1) is 5.92 Å². The van der Waals surface area contributed by atoms with Gasteiger partial charge in [-0.15, -0.1) is 0 Å². The minimum atomic E-state index is 0.459. The van der Waals surface area contributed by atoms with Crippen molar-refractivity contribution < 1.29 is 9.37 Å². The van der Waals surface area contributed by atoms with E-state index in [0.29, 0.717) is 17.2 Å². The molecule has 2 aliphatic rings. The molecule has 2 fully saturated rings. The van der Waals surface area contributed by atoms with Crippen LogP contribution in [0.15, 0.2) is 4.63 Å². The molecular formula is C17H27N7O2. The van der Waals surface area contributed by atoms with E-state index in [-0.39, 0.29) is 0 Å². The fourth-order valence-corrected chi connectivity index (χ4v) is 3.88. The third kappa shape index (κ3) is 3.88. The average molecular weight is 361 g/mol. The molecule has 2 aliphatic heterocycles. The van der Waals surface area contributed by atoms with Gasteiger partial charge in [-0.05, 0) is 48.5 Å². The zero-order chi connectivity index (χ0) is 17.8. The molecule has 142 valence electrons. The molecule has 1 N–H and O–H groups in total. The Hall–Kier alpha value is -2.00. The molecule has 1 atom stereocenters. The molecule has 4 heterocycles. The number of ether oxygens (including phenoxy) is 1. The zero-order valence-corrected chi connectivity index (χ0v) is 15.4. The summed E-state index contributed by atoms with van der Waals surface area (Å²) in [5, 5.41) is 11.2. The largest absolute Gasteiger partial charge is 0.383 e. The SMILES string of the molecule is COCCN1CCCC(CNc2nc3nonc3nc2N2CCCC2)C1. The number of aromatic nitrogens is 4. The number of nitrogens with zero attached hydrogens (tertiary/aromatic N) is 6. The van der Waals surface area contributed by atoms with Crippen LogP contribution in [0.3, 0.4) is 0 Å². The Kier molecular flexibility index (Phi) is 5.45. The Morgan fingerprint density at radius 2 is 1.92 bits per heavy atom. The summed E-state index contributed by atoms with van der Waals surface area (Å²) in [6, 6.07) is 0. The van der Waals surface area contributed by atoms with Crippen molar-refractivity contribution in [3.8, 4) is 0 Å². The first-order valence-electron chi connectivity index (χ1n) is 9.54. The molecule has 0 aliphatic carbocycles. The highest BCUT2D eigenvalue weighted by Gasteiger charge is 2.23. The molecule has 0 spiro atoms. The van der Waals surface area contributed by atoms with Gasteiger partial charge in [-0.25, -0.2) is 14.6 Å². The van der Waals surface area contributed by atoms with Gasteiger partial charge in [-0.2, -0.15) is 0 Å². The van der Waals surface area contributed by atoms with E-state index in [1.807, 2.05) is 0 Å². The van der Waals surface area contributed by atoms with Crippen LogP contribution < -0.4 is 10.2 Å². The molecule has 4 rings (SSSR count). The summed E-state index contributed by atoms with van der Waals surface area (Å²) in [5.41, 5.74) is 0.932. The smallest absolute Gasteiger partial charge is 0.245 e. The summed E-state index contributed by atoms with van der Waals surface area (Å²) < 4.78 is 10.0. The number of hydrogen-bond donors (Lipinski definition) is 1. The second-order valence-corrected chi connectivity index (χ2v) is 7.18. The third-order valence-electron chi connectivity index (χ3n) is 5.27. The Morgan fingerprint density at radius 1 is 1.12 bits per heavy atom. The van der Waals surface area contributed by atoms with Crippen LogP contribution in [0.5, 0.6) is 0 Å². The quantitative estimate of drug-likeness (QED) is 0.785. The lowest BCUT2D eigenvalue weighted by molar-refractivity contribution is 0.117. The third-order valence-corrected chi connectivity index (χ3v) is 5.27. The maximum absolute atomic E-state index is 5.21. The Balaban J connectivity index is 1.45. The van der Waals surface area contributed by atoms with Gasteiger partial charge in [0.05, 0.1) is 6.61 Å². The Labute approximate surface area is 153 Å². The molecular weight excluding hydrogens is 334 g/mol. The van der Waals surface area contributed by atoms with Crippen molar-refractivity contribution in [1.29, 1.82) is 0 Å². The van der Waals surface area contributed by atoms with Crippen LogP contribution in [0.1, 0.15) is 25.7 Å². The predicted molar refractivity (Wildman–Crippen MR) is 98.4 cm³/mol. The summed E-state index contributed by atoms with van der Waals surface area (Å²) in [7, 11) is 1.76. The molecule has 1 unspecified atom stereocenters. The van der Waals surface area contributed by atoms with Crippen LogP contribution in [0.2, 0.25) is 0 Å². The number of hydrogen-bond acceptors (Lipinski definition) is 9. The molecule has 0 radical (unpaired) electrons. The van der Waals surface area contributed by atoms with Crippen molar-refractivity contribution in [3.63, 3.8) is 0 Å². The standard InChI is InChI=1S/C17H27N7O2/c1-25-10-9-23-6-4-5-13(12-23)11-18-16-17(24-7-2-3-8-24)20-15-14(19-16)21-26-22-15/h13H,2-12H2,1H3,(H,18,19,21). The van der Waals surface area contributed by atoms with Gasteiger partial charge in [0.25, 0.3) is 0 Å². The van der Waals surface area contributed by atoms with Crippen molar-refractivity contribution in [2.45, 2.75) is 25.7 Å². The van der Waals surface area contributed by atoms with Crippen molar-refractivity contribution in [2.24, 2.45) is 5.92 Å². The predicted octanol–water partition coefficient (Wildman–Crippen LogP) is 1.38. The first-order chi connectivity index (χ1) is 12.8. The lowest BCUT2D eigenvalue weighted by Gasteiger charge is -2.32. The molecule has 9 heteroatoms. The minimum absolute atomic E-state index is 0.459. The maximum Gasteiger partial charge on any atom is 0.245 e. The molecule has 2 aromatic heterocycles. The molecule has 26 heavy (non-hydrogen) atoms. The molecule has 2 aromatic rings. The van der Waals surface area contributed by atoms with Crippen LogP contribution in [-0.4, -0.2) is 78.2 Å². The van der Waals surface area contributed by atoms with Crippen molar-refractivity contribution in [2.75, 3.05) is 63.2 Å². The number of piperidine rings is 1. The highest BCUT2D eigenvalue weighted by atomic mass is 16.6. The number of fused-ring (bicyclic) bond motifs is 1. The second kappa shape index (κ2) is 8.13. The summed E-state index contributed by atoms with van der Waals surface area (Å²) in [4.78, 5) is 14.0. The van der Waals surface area contributed by atoms with E-state index >= 15 is 0 Å². The zero-order valence-electron chi connectivity index (χ0n) is 15.4. The lowest BCUT2D eigenvalue weighted by Crippen LogP contribution is -2.39. The number of likely N-dealkylation sites (tertiary alicyclic amines) is 1. The molecule has 0 bridgehead atoms. The lowest BCUT2D eigenvalue weighted by atomic mass is 9.98. The van der Waals surface area contributed by atoms with Gasteiger partial charge < -0.3 is 19.9 Å². The fourth-order valence-electron chi connectivity index (χ4n) is 3.88. The molecule has 2 saturated heterocycles. The molecule has 9 nitrogen and oxygen atoms in total. The van der Waals surface area contributed by atoms with E-state index in [4.69, 9.17) is 9.37 Å². The van der Waals surface area contributed by atoms with Crippen molar-refractivity contribution >= 4 is 22.9 Å². The monoisotopic (exact) mass is 361 g/mol. The summed E-state index contributed by atoms with van der Waals surface area (Å²) in [6.45, 7) is 6.95. The van der Waals surface area contributed by atoms with Crippen LogP contribution >= 0.6 is 0 Å². The van der Waals surface area contributed by atoms with Gasteiger partial charge in [0, 0.05) is 39.8 Å². The number of nitrogens with one attached hydrogen (secondary N) is 1. The van der Waals surface area contributed by atoms with E-state index in [9.17, 15) is 0 Å². The van der Waals surface area contributed by atoms with E-state index in [0.717, 1.165) is 57.5 Å². The highest BCUT2D eigenvalue weighted by Crippen LogP contribution is 2.27. The van der Waals surface area contributed by atoms with Gasteiger partial charge in [0.15, 0.2) is 11.6 Å². The summed E-state index contributed by atoms with van der Waals surface area (Å²) >= 11 is 0. The Morgan fingerprint density at radius 3 is 2.73 bits per heavy atom. The van der Waals surface area contributed by atoms with Gasteiger partial charge in [-0.3, -0.25) is 0 Å². The van der Waals surface area contributed by atoms with Crippen LogP contribution in [0.25, 0.3) is 11.3 Å². The number of methoxy groups -OCH3 is 1. The molecule has 0 amide bonds. The topological polar surface area (TPSA) is 92.4 Å². The first-order valence-corrected chi connectivity index (χ1v) is 9.54. The van der Waals surface area contributed by atoms with Gasteiger partial charge in [0.1, 0.15) is 0 Å². The van der Waals surface area contributed by atoms with Crippen LogP contribution in [-0.2, 0) is 4.74 Å². The van der Waals surface area contributed by atoms with Gasteiger partial charge >= 0.3 is 0 Å². The van der Waals surface area contributed by atoms with Crippen LogP contribution in [0.4, 0.5) is 11.6 Å². The van der Waals surface area contributed by atoms with Gasteiger partial charge in [-0.1, -0.05) is 0 Å². The van der Waals surface area contributed by atoms with E-state index in [1.165, 1.54) is 25.7 Å². The first kappa shape index (κ1) is 17.4.